The van der Waals surface area contributed by atoms with Crippen LogP contribution in [-0.2, 0) is 6.54 Å². The molecule has 0 aliphatic heterocycles. The maximum atomic E-state index is 4.53. The van der Waals surface area contributed by atoms with Gasteiger partial charge in [-0.1, -0.05) is 6.07 Å². The fourth-order valence-electron chi connectivity index (χ4n) is 1.77. The zero-order valence-electron chi connectivity index (χ0n) is 9.39. The predicted molar refractivity (Wildman–Crippen MR) is 71.2 cm³/mol. The minimum Gasteiger partial charge on any atom is -0.307 e. The highest BCUT2D eigenvalue weighted by atomic mass is 32.1. The topological polar surface area (TPSA) is 47.5 Å². The van der Waals surface area contributed by atoms with Crippen molar-refractivity contribution in [2.45, 2.75) is 6.54 Å². The normalized spacial score (nSPS) is 10.4. The van der Waals surface area contributed by atoms with Crippen LogP contribution in [0.25, 0.3) is 5.65 Å². The Morgan fingerprint density at radius 1 is 1.28 bits per heavy atom. The molecule has 0 amide bonds. The van der Waals surface area contributed by atoms with Gasteiger partial charge in [-0.25, -0.2) is 4.98 Å². The van der Waals surface area contributed by atoms with Crippen LogP contribution in [0.3, 0.4) is 0 Å². The van der Waals surface area contributed by atoms with Crippen molar-refractivity contribution in [3.05, 3.63) is 48.5 Å². The number of hydrogen-bond acceptors (Lipinski definition) is 4. The highest BCUT2D eigenvalue weighted by Crippen LogP contribution is 2.09. The van der Waals surface area contributed by atoms with Crippen molar-refractivity contribution in [3.8, 4) is 0 Å². The van der Waals surface area contributed by atoms with Gasteiger partial charge in [0.05, 0.1) is 17.4 Å². The number of aromatic nitrogens is 4. The summed E-state index contributed by atoms with van der Waals surface area (Å²) in [6.07, 6.45) is 5.80. The molecule has 0 aliphatic rings. The minimum atomic E-state index is 0.564. The molecule has 6 heteroatoms. The largest absolute Gasteiger partial charge is 0.307 e. The Kier molecular flexibility index (Phi) is 2.72. The summed E-state index contributed by atoms with van der Waals surface area (Å²) in [7, 11) is 0. The molecular formula is C12H9N5S. The van der Waals surface area contributed by atoms with Gasteiger partial charge in [0.25, 0.3) is 0 Å². The maximum Gasteiger partial charge on any atom is 0.184 e. The molecule has 0 aliphatic carbocycles. The van der Waals surface area contributed by atoms with E-state index < -0.39 is 0 Å². The van der Waals surface area contributed by atoms with E-state index in [9.17, 15) is 0 Å². The molecule has 3 aromatic rings. The van der Waals surface area contributed by atoms with Crippen LogP contribution >= 0.6 is 12.2 Å². The summed E-state index contributed by atoms with van der Waals surface area (Å²) in [5, 5.41) is 6.53. The Morgan fingerprint density at radius 3 is 3.06 bits per heavy atom. The number of rotatable bonds is 3. The van der Waals surface area contributed by atoms with Crippen LogP contribution in [0.2, 0.25) is 0 Å². The first-order valence-corrected chi connectivity index (χ1v) is 5.80. The average Bonchev–Trinajstić information content (AvgIpc) is 2.96. The van der Waals surface area contributed by atoms with Gasteiger partial charge in [-0.3, -0.25) is 4.68 Å². The number of isothiocyanates is 1. The van der Waals surface area contributed by atoms with Crippen molar-refractivity contribution in [3.63, 3.8) is 0 Å². The van der Waals surface area contributed by atoms with Gasteiger partial charge in [-0.15, -0.1) is 0 Å². The monoisotopic (exact) mass is 255 g/mol. The summed E-state index contributed by atoms with van der Waals surface area (Å²) in [5.74, 6) is 0.564. The lowest BCUT2D eigenvalue weighted by Gasteiger charge is -1.95. The highest BCUT2D eigenvalue weighted by molar-refractivity contribution is 7.78. The molecule has 0 spiro atoms. The first-order valence-electron chi connectivity index (χ1n) is 5.39. The van der Waals surface area contributed by atoms with Gasteiger partial charge in [0.15, 0.2) is 5.82 Å². The number of fused-ring (bicyclic) bond motifs is 1. The SMILES string of the molecule is S=C=Nc1ccn(Cc2cn3ccccc3n2)n1. The van der Waals surface area contributed by atoms with Crippen molar-refractivity contribution in [1.29, 1.82) is 0 Å². The molecular weight excluding hydrogens is 246 g/mol. The molecule has 18 heavy (non-hydrogen) atoms. The van der Waals surface area contributed by atoms with Crippen LogP contribution in [0.1, 0.15) is 5.69 Å². The lowest BCUT2D eigenvalue weighted by atomic mass is 10.5. The van der Waals surface area contributed by atoms with Crippen LogP contribution in [0.15, 0.2) is 47.8 Å². The van der Waals surface area contributed by atoms with Crippen molar-refractivity contribution in [1.82, 2.24) is 19.2 Å². The summed E-state index contributed by atoms with van der Waals surface area (Å²) < 4.78 is 3.75. The molecule has 0 saturated carbocycles. The number of imidazole rings is 1. The Hall–Kier alpha value is -2.30. The fraction of sp³-hybridized carbons (Fsp3) is 0.0833. The lowest BCUT2D eigenvalue weighted by molar-refractivity contribution is 0.677. The molecule has 0 fully saturated rings. The Morgan fingerprint density at radius 2 is 2.22 bits per heavy atom. The quantitative estimate of drug-likeness (QED) is 0.533. The molecule has 0 saturated heterocycles. The zero-order valence-corrected chi connectivity index (χ0v) is 10.2. The molecule has 3 rings (SSSR count). The van der Waals surface area contributed by atoms with E-state index in [4.69, 9.17) is 0 Å². The molecule has 0 radical (unpaired) electrons. The summed E-state index contributed by atoms with van der Waals surface area (Å²) >= 11 is 4.53. The van der Waals surface area contributed by atoms with E-state index in [1.807, 2.05) is 41.2 Å². The number of hydrogen-bond donors (Lipinski definition) is 0. The summed E-state index contributed by atoms with van der Waals surface area (Å²) in [6, 6.07) is 7.69. The smallest absolute Gasteiger partial charge is 0.184 e. The lowest BCUT2D eigenvalue weighted by Crippen LogP contribution is -1.99. The third kappa shape index (κ3) is 2.07. The summed E-state index contributed by atoms with van der Waals surface area (Å²) in [5.41, 5.74) is 1.87. The second-order valence-corrected chi connectivity index (χ2v) is 3.96. The summed E-state index contributed by atoms with van der Waals surface area (Å²) in [4.78, 5) is 8.32. The first-order chi connectivity index (χ1) is 8.85. The van der Waals surface area contributed by atoms with E-state index in [0.717, 1.165) is 11.3 Å². The number of nitrogens with zero attached hydrogens (tertiary/aromatic N) is 5. The van der Waals surface area contributed by atoms with Gasteiger partial charge in [0.2, 0.25) is 0 Å². The zero-order chi connectivity index (χ0) is 12.4. The van der Waals surface area contributed by atoms with E-state index in [2.05, 4.69) is 32.5 Å². The van der Waals surface area contributed by atoms with Crippen LogP contribution in [0.4, 0.5) is 5.82 Å². The van der Waals surface area contributed by atoms with Gasteiger partial charge in [-0.2, -0.15) is 10.1 Å². The third-order valence-corrected chi connectivity index (χ3v) is 2.62. The molecule has 0 bridgehead atoms. The van der Waals surface area contributed by atoms with Crippen LogP contribution < -0.4 is 0 Å². The second kappa shape index (κ2) is 4.52. The van der Waals surface area contributed by atoms with Crippen molar-refractivity contribution >= 4 is 28.8 Å². The van der Waals surface area contributed by atoms with Gasteiger partial charge < -0.3 is 4.40 Å². The maximum absolute atomic E-state index is 4.53. The van der Waals surface area contributed by atoms with E-state index in [1.54, 1.807) is 10.7 Å². The van der Waals surface area contributed by atoms with E-state index in [0.29, 0.717) is 12.4 Å². The minimum absolute atomic E-state index is 0.564. The molecule has 3 heterocycles. The van der Waals surface area contributed by atoms with Crippen molar-refractivity contribution in [2.75, 3.05) is 0 Å². The van der Waals surface area contributed by atoms with E-state index >= 15 is 0 Å². The molecule has 0 N–H and O–H groups in total. The number of aliphatic imine (C=N–C) groups is 1. The number of pyridine rings is 1. The standard InChI is InChI=1S/C12H9N5S/c18-9-13-11-4-6-17(15-11)8-10-7-16-5-2-1-3-12(16)14-10/h1-7H,8H2. The van der Waals surface area contributed by atoms with Gasteiger partial charge in [0, 0.05) is 24.7 Å². The molecule has 5 nitrogen and oxygen atoms in total. The molecule has 88 valence electrons. The van der Waals surface area contributed by atoms with E-state index in [1.165, 1.54) is 0 Å². The summed E-state index contributed by atoms with van der Waals surface area (Å²) in [6.45, 7) is 0.606. The van der Waals surface area contributed by atoms with Gasteiger partial charge in [0.1, 0.15) is 5.65 Å². The fourth-order valence-corrected chi connectivity index (χ4v) is 1.87. The van der Waals surface area contributed by atoms with E-state index in [-0.39, 0.29) is 0 Å². The van der Waals surface area contributed by atoms with Crippen LogP contribution in [0, 0.1) is 0 Å². The Labute approximate surface area is 108 Å². The van der Waals surface area contributed by atoms with Crippen LogP contribution in [-0.4, -0.2) is 24.3 Å². The molecule has 0 aromatic carbocycles. The average molecular weight is 255 g/mol. The first kappa shape index (κ1) is 10.8. The highest BCUT2D eigenvalue weighted by Gasteiger charge is 2.03. The van der Waals surface area contributed by atoms with Gasteiger partial charge >= 0.3 is 0 Å². The number of thiocarbonyl (C=S) groups is 1. The van der Waals surface area contributed by atoms with Crippen molar-refractivity contribution < 1.29 is 0 Å². The van der Waals surface area contributed by atoms with Crippen molar-refractivity contribution in [2.24, 2.45) is 4.99 Å². The molecule has 3 aromatic heterocycles. The third-order valence-electron chi connectivity index (χ3n) is 2.52. The Balaban J connectivity index is 1.88. The second-order valence-electron chi connectivity index (χ2n) is 3.77. The van der Waals surface area contributed by atoms with Gasteiger partial charge in [-0.05, 0) is 24.4 Å². The van der Waals surface area contributed by atoms with Crippen LogP contribution in [0.5, 0.6) is 0 Å². The Bertz CT molecular complexity index is 703. The molecule has 0 unspecified atom stereocenters. The predicted octanol–water partition coefficient (Wildman–Crippen LogP) is 2.31. The molecule has 0 atom stereocenters.